The van der Waals surface area contributed by atoms with Crippen molar-refractivity contribution in [1.29, 1.82) is 0 Å². The van der Waals surface area contributed by atoms with Crippen molar-refractivity contribution >= 4 is 23.2 Å². The second-order valence-electron chi connectivity index (χ2n) is 9.28. The molecule has 1 aromatic carbocycles. The Hall–Kier alpha value is -3.09. The summed E-state index contributed by atoms with van der Waals surface area (Å²) in [6, 6.07) is 10.2. The largest absolute Gasteiger partial charge is 0.478 e. The zero-order valence-electron chi connectivity index (χ0n) is 19.7. The molecule has 0 radical (unpaired) electrons. The van der Waals surface area contributed by atoms with Crippen molar-refractivity contribution in [2.75, 3.05) is 30.3 Å². The minimum Gasteiger partial charge on any atom is -0.478 e. The molecule has 2 aromatic rings. The fourth-order valence-corrected chi connectivity index (χ4v) is 4.29. The Morgan fingerprint density at radius 3 is 2.79 bits per heavy atom. The number of nitrogen functional groups attached to an aromatic ring is 1. The van der Waals surface area contributed by atoms with Crippen LogP contribution in [0.15, 0.2) is 30.3 Å². The number of fused-ring (bicyclic) bond motifs is 1. The van der Waals surface area contributed by atoms with E-state index in [0.29, 0.717) is 50.3 Å². The number of aromatic nitrogens is 1. The first-order valence-corrected chi connectivity index (χ1v) is 11.9. The lowest BCUT2D eigenvalue weighted by Gasteiger charge is -2.31. The molecule has 1 aromatic heterocycles. The van der Waals surface area contributed by atoms with Crippen LogP contribution in [0.25, 0.3) is 0 Å². The summed E-state index contributed by atoms with van der Waals surface area (Å²) >= 11 is 0. The van der Waals surface area contributed by atoms with Crippen LogP contribution in [0, 0.1) is 5.92 Å². The highest BCUT2D eigenvalue weighted by Gasteiger charge is 2.27. The zero-order valence-corrected chi connectivity index (χ0v) is 19.7. The lowest BCUT2D eigenvalue weighted by Crippen LogP contribution is -2.36. The van der Waals surface area contributed by atoms with Gasteiger partial charge in [0.05, 0.1) is 18.8 Å². The molecule has 1 fully saturated rings. The van der Waals surface area contributed by atoms with Crippen molar-refractivity contribution in [2.45, 2.75) is 59.0 Å². The number of hydrogen-bond acceptors (Lipinski definition) is 6. The molecule has 0 spiro atoms. The highest BCUT2D eigenvalue weighted by Crippen LogP contribution is 2.34. The average Bonchev–Trinajstić information content (AvgIpc) is 3.59. The average molecular weight is 451 g/mol. The summed E-state index contributed by atoms with van der Waals surface area (Å²) in [5.74, 6) is 1.76. The molecule has 2 N–H and O–H groups in total. The second-order valence-corrected chi connectivity index (χ2v) is 9.28. The van der Waals surface area contributed by atoms with Gasteiger partial charge in [-0.25, -0.2) is 0 Å². The van der Waals surface area contributed by atoms with E-state index in [4.69, 9.17) is 10.5 Å². The van der Waals surface area contributed by atoms with Crippen molar-refractivity contribution in [3.8, 4) is 5.88 Å². The molecule has 176 valence electrons. The standard InChI is InChI=1S/C26H34N4O3/c1-3-4-10-33-25-13-24-23(26(27)28-25)12-22(32)17-30(24)16-21-7-5-6-20(11-21)15-29(18(2)31)14-19-8-9-19/h5-7,11,13,19H,3-4,8-10,12,14-17H2,1-2H3,(H2,27,28). The van der Waals surface area contributed by atoms with Crippen molar-refractivity contribution in [1.82, 2.24) is 9.88 Å². The van der Waals surface area contributed by atoms with E-state index in [1.54, 1.807) is 6.92 Å². The van der Waals surface area contributed by atoms with Gasteiger partial charge in [0.25, 0.3) is 0 Å². The number of benzene rings is 1. The van der Waals surface area contributed by atoms with E-state index >= 15 is 0 Å². The Morgan fingerprint density at radius 1 is 1.27 bits per heavy atom. The number of nitrogens with two attached hydrogens (primary N) is 1. The molecule has 1 aliphatic carbocycles. The Kier molecular flexibility index (Phi) is 7.16. The summed E-state index contributed by atoms with van der Waals surface area (Å²) in [5.41, 5.74) is 10.1. The Balaban J connectivity index is 1.52. The van der Waals surface area contributed by atoms with Crippen LogP contribution in [0.1, 0.15) is 56.2 Å². The van der Waals surface area contributed by atoms with Crippen LogP contribution in [-0.2, 0) is 29.1 Å². The Morgan fingerprint density at radius 2 is 2.06 bits per heavy atom. The molecule has 1 amide bonds. The van der Waals surface area contributed by atoms with Gasteiger partial charge in [-0.05, 0) is 36.3 Å². The van der Waals surface area contributed by atoms with Gasteiger partial charge in [-0.3, -0.25) is 9.59 Å². The molecule has 7 nitrogen and oxygen atoms in total. The van der Waals surface area contributed by atoms with Gasteiger partial charge in [0, 0.05) is 44.6 Å². The fourth-order valence-electron chi connectivity index (χ4n) is 4.29. The van der Waals surface area contributed by atoms with Crippen molar-refractivity contribution in [3.05, 3.63) is 47.0 Å². The number of unbranched alkanes of at least 4 members (excludes halogenated alkanes) is 1. The first-order chi connectivity index (χ1) is 15.9. The first-order valence-electron chi connectivity index (χ1n) is 11.9. The number of pyridine rings is 1. The first kappa shape index (κ1) is 23.1. The third-order valence-electron chi connectivity index (χ3n) is 6.30. The van der Waals surface area contributed by atoms with Gasteiger partial charge in [-0.15, -0.1) is 0 Å². The maximum absolute atomic E-state index is 12.5. The van der Waals surface area contributed by atoms with Gasteiger partial charge in [0.15, 0.2) is 5.78 Å². The second kappa shape index (κ2) is 10.2. The minimum atomic E-state index is 0.112. The quantitative estimate of drug-likeness (QED) is 0.555. The van der Waals surface area contributed by atoms with Crippen LogP contribution in [0.4, 0.5) is 11.5 Å². The highest BCUT2D eigenvalue weighted by molar-refractivity contribution is 5.92. The van der Waals surface area contributed by atoms with Gasteiger partial charge in [0.2, 0.25) is 11.8 Å². The SMILES string of the molecule is CCCCOc1cc2c(c(N)n1)CC(=O)CN2Cc1cccc(CN(CC2CC2)C(C)=O)c1. The number of Topliss-reactive ketones (excluding diaryl/α,β-unsaturated/α-hetero) is 1. The molecule has 1 aliphatic heterocycles. The molecule has 0 atom stereocenters. The van der Waals surface area contributed by atoms with Crippen LogP contribution < -0.4 is 15.4 Å². The number of ether oxygens (including phenoxy) is 1. The van der Waals surface area contributed by atoms with Gasteiger partial charge < -0.3 is 20.3 Å². The molecule has 2 aliphatic rings. The zero-order chi connectivity index (χ0) is 23.4. The third-order valence-corrected chi connectivity index (χ3v) is 6.30. The van der Waals surface area contributed by atoms with Gasteiger partial charge in [0.1, 0.15) is 5.82 Å². The van der Waals surface area contributed by atoms with Gasteiger partial charge >= 0.3 is 0 Å². The topological polar surface area (TPSA) is 88.8 Å². The number of anilines is 2. The molecule has 33 heavy (non-hydrogen) atoms. The molecular formula is C26H34N4O3. The van der Waals surface area contributed by atoms with E-state index in [2.05, 4.69) is 35.0 Å². The van der Waals surface area contributed by atoms with Crippen molar-refractivity contribution in [2.24, 2.45) is 5.92 Å². The lowest BCUT2D eigenvalue weighted by atomic mass is 10.0. The molecular weight excluding hydrogens is 416 g/mol. The number of nitrogens with zero attached hydrogens (tertiary/aromatic N) is 3. The normalized spacial score (nSPS) is 15.3. The summed E-state index contributed by atoms with van der Waals surface area (Å²) in [5, 5.41) is 0. The van der Waals surface area contributed by atoms with E-state index in [1.165, 1.54) is 12.8 Å². The lowest BCUT2D eigenvalue weighted by molar-refractivity contribution is -0.129. The van der Waals surface area contributed by atoms with Gasteiger partial charge in [-0.1, -0.05) is 37.6 Å². The van der Waals surface area contributed by atoms with Crippen molar-refractivity contribution in [3.63, 3.8) is 0 Å². The summed E-state index contributed by atoms with van der Waals surface area (Å²) in [7, 11) is 0. The smallest absolute Gasteiger partial charge is 0.219 e. The molecule has 0 unspecified atom stereocenters. The maximum Gasteiger partial charge on any atom is 0.219 e. The van der Waals surface area contributed by atoms with Crippen LogP contribution in [0.5, 0.6) is 5.88 Å². The van der Waals surface area contributed by atoms with Crippen LogP contribution >= 0.6 is 0 Å². The minimum absolute atomic E-state index is 0.112. The summed E-state index contributed by atoms with van der Waals surface area (Å²) < 4.78 is 5.80. The van der Waals surface area contributed by atoms with Crippen molar-refractivity contribution < 1.29 is 14.3 Å². The molecule has 1 saturated carbocycles. The van der Waals surface area contributed by atoms with Crippen LogP contribution in [0.2, 0.25) is 0 Å². The molecule has 7 heteroatoms. The number of amides is 1. The highest BCUT2D eigenvalue weighted by atomic mass is 16.5. The number of carbonyl (C=O) groups is 2. The fraction of sp³-hybridized carbons (Fsp3) is 0.500. The van der Waals surface area contributed by atoms with Crippen LogP contribution in [-0.4, -0.2) is 41.3 Å². The summed E-state index contributed by atoms with van der Waals surface area (Å²) in [6.45, 7) is 6.70. The molecule has 2 heterocycles. The molecule has 0 saturated heterocycles. The Bertz CT molecular complexity index is 1020. The van der Waals surface area contributed by atoms with Gasteiger partial charge in [-0.2, -0.15) is 4.98 Å². The number of rotatable bonds is 10. The predicted octanol–water partition coefficient (Wildman–Crippen LogP) is 3.73. The van der Waals surface area contributed by atoms with Crippen LogP contribution in [0.3, 0.4) is 0 Å². The monoisotopic (exact) mass is 450 g/mol. The number of ketones is 1. The molecule has 0 bridgehead atoms. The summed E-state index contributed by atoms with van der Waals surface area (Å²) in [6.07, 6.45) is 4.72. The maximum atomic E-state index is 12.5. The van der Waals surface area contributed by atoms with E-state index in [0.717, 1.165) is 41.8 Å². The number of hydrogen-bond donors (Lipinski definition) is 1. The number of carbonyl (C=O) groups excluding carboxylic acids is 2. The van der Waals surface area contributed by atoms with E-state index in [-0.39, 0.29) is 11.7 Å². The molecule has 4 rings (SSSR count). The van der Waals surface area contributed by atoms with E-state index < -0.39 is 0 Å². The summed E-state index contributed by atoms with van der Waals surface area (Å²) in [4.78, 5) is 32.9. The van der Waals surface area contributed by atoms with E-state index in [9.17, 15) is 9.59 Å². The Labute approximate surface area is 195 Å². The predicted molar refractivity (Wildman–Crippen MR) is 129 cm³/mol. The third kappa shape index (κ3) is 6.03. The van der Waals surface area contributed by atoms with E-state index in [1.807, 2.05) is 17.0 Å².